The zero-order valence-electron chi connectivity index (χ0n) is 17.0. The Bertz CT molecular complexity index is 878. The number of aliphatic hydroxyl groups is 1. The summed E-state index contributed by atoms with van der Waals surface area (Å²) >= 11 is 0. The number of amides is 2. The average Bonchev–Trinajstić information content (AvgIpc) is 3.41. The predicted molar refractivity (Wildman–Crippen MR) is 107 cm³/mol. The van der Waals surface area contributed by atoms with Gasteiger partial charge in [0, 0.05) is 37.1 Å². The molecule has 29 heavy (non-hydrogen) atoms. The van der Waals surface area contributed by atoms with Gasteiger partial charge in [0.05, 0.1) is 12.0 Å². The molecule has 2 aromatic rings. The number of fused-ring (bicyclic) bond motifs is 3. The number of carbonyl (C=O) groups excluding carboxylic acids is 2. The second kappa shape index (κ2) is 7.74. The lowest BCUT2D eigenvalue weighted by atomic mass is 9.69. The fraction of sp³-hybridized carbons (Fsp3) is 0.619. The highest BCUT2D eigenvalue weighted by molar-refractivity contribution is 5.95. The molecule has 8 nitrogen and oxygen atoms in total. The molecule has 2 aliphatic rings. The van der Waals surface area contributed by atoms with Crippen LogP contribution < -0.4 is 5.32 Å². The van der Waals surface area contributed by atoms with Gasteiger partial charge < -0.3 is 15.3 Å². The number of carbonyl (C=O) groups is 2. The van der Waals surface area contributed by atoms with E-state index >= 15 is 0 Å². The van der Waals surface area contributed by atoms with E-state index in [9.17, 15) is 9.59 Å². The Hall–Kier alpha value is -2.48. The van der Waals surface area contributed by atoms with Crippen molar-refractivity contribution in [3.8, 4) is 0 Å². The smallest absolute Gasteiger partial charge is 0.274 e. The molecule has 4 rings (SSSR count). The van der Waals surface area contributed by atoms with E-state index in [4.69, 9.17) is 5.11 Å². The van der Waals surface area contributed by atoms with Gasteiger partial charge in [0.1, 0.15) is 0 Å². The lowest BCUT2D eigenvalue weighted by Gasteiger charge is -2.36. The molecule has 2 amide bonds. The topological polar surface area (TPSA) is 99.8 Å². The SMILES string of the molecule is CC(C)CC[C@]1(C(=O)NCCO)C[C@H]2CC[C@@H]1N2C(=O)c1cc2ncccn2n1. The molecule has 0 spiro atoms. The quantitative estimate of drug-likeness (QED) is 0.737. The molecular formula is C21H29N5O3. The van der Waals surface area contributed by atoms with Crippen LogP contribution in [-0.2, 0) is 4.79 Å². The van der Waals surface area contributed by atoms with Crippen molar-refractivity contribution in [3.05, 3.63) is 30.2 Å². The van der Waals surface area contributed by atoms with Crippen molar-refractivity contribution in [1.82, 2.24) is 24.8 Å². The maximum absolute atomic E-state index is 13.4. The molecule has 0 saturated carbocycles. The molecule has 2 aromatic heterocycles. The number of hydrogen-bond donors (Lipinski definition) is 2. The van der Waals surface area contributed by atoms with Crippen molar-refractivity contribution >= 4 is 17.5 Å². The van der Waals surface area contributed by atoms with Crippen LogP contribution >= 0.6 is 0 Å². The first-order chi connectivity index (χ1) is 14.0. The Morgan fingerprint density at radius 3 is 2.93 bits per heavy atom. The van der Waals surface area contributed by atoms with Crippen LogP contribution in [-0.4, -0.2) is 61.7 Å². The highest BCUT2D eigenvalue weighted by Gasteiger charge is 2.60. The summed E-state index contributed by atoms with van der Waals surface area (Å²) in [6, 6.07) is 3.41. The van der Waals surface area contributed by atoms with Crippen LogP contribution in [0.4, 0.5) is 0 Å². The number of aliphatic hydroxyl groups excluding tert-OH is 1. The zero-order valence-corrected chi connectivity index (χ0v) is 17.0. The monoisotopic (exact) mass is 399 g/mol. The Labute approximate surface area is 170 Å². The highest BCUT2D eigenvalue weighted by Crippen LogP contribution is 2.53. The molecule has 2 fully saturated rings. The summed E-state index contributed by atoms with van der Waals surface area (Å²) in [5.74, 6) is 0.323. The minimum absolute atomic E-state index is 0.0335. The summed E-state index contributed by atoms with van der Waals surface area (Å²) in [6.45, 7) is 4.46. The van der Waals surface area contributed by atoms with E-state index in [1.54, 1.807) is 29.0 Å². The number of nitrogens with one attached hydrogen (secondary N) is 1. The molecule has 3 atom stereocenters. The van der Waals surface area contributed by atoms with Crippen molar-refractivity contribution in [2.24, 2.45) is 11.3 Å². The molecule has 2 saturated heterocycles. The summed E-state index contributed by atoms with van der Waals surface area (Å²) in [5, 5.41) is 16.4. The fourth-order valence-electron chi connectivity index (χ4n) is 5.07. The molecule has 8 heteroatoms. The summed E-state index contributed by atoms with van der Waals surface area (Å²) in [5.41, 5.74) is 0.417. The Morgan fingerprint density at radius 2 is 2.21 bits per heavy atom. The highest BCUT2D eigenvalue weighted by atomic mass is 16.3. The van der Waals surface area contributed by atoms with Gasteiger partial charge in [-0.05, 0) is 44.1 Å². The van der Waals surface area contributed by atoms with Crippen molar-refractivity contribution in [3.63, 3.8) is 0 Å². The standard InChI is InChI=1S/C21H29N5O3/c1-14(2)6-7-21(20(29)23-9-11-27)13-15-4-5-17(21)26(15)19(28)16-12-18-22-8-3-10-25(18)24-16/h3,8,10,12,14-15,17,27H,4-7,9,11,13H2,1-2H3,(H,23,29)/t15-,17+,21+/m1/s1. The van der Waals surface area contributed by atoms with Crippen LogP contribution in [0.25, 0.3) is 5.65 Å². The van der Waals surface area contributed by atoms with Gasteiger partial charge in [-0.1, -0.05) is 13.8 Å². The molecule has 2 N–H and O–H groups in total. The first kappa shape index (κ1) is 19.8. The van der Waals surface area contributed by atoms with E-state index in [2.05, 4.69) is 29.2 Å². The van der Waals surface area contributed by atoms with Crippen LogP contribution in [0.5, 0.6) is 0 Å². The van der Waals surface area contributed by atoms with Gasteiger partial charge in [-0.25, -0.2) is 9.50 Å². The van der Waals surface area contributed by atoms with Crippen molar-refractivity contribution in [2.75, 3.05) is 13.2 Å². The van der Waals surface area contributed by atoms with Gasteiger partial charge in [0.15, 0.2) is 11.3 Å². The van der Waals surface area contributed by atoms with E-state index in [1.165, 1.54) is 0 Å². The number of aromatic nitrogens is 3. The van der Waals surface area contributed by atoms with Gasteiger partial charge in [0.25, 0.3) is 5.91 Å². The predicted octanol–water partition coefficient (Wildman–Crippen LogP) is 1.64. The minimum Gasteiger partial charge on any atom is -0.395 e. The Morgan fingerprint density at radius 1 is 1.38 bits per heavy atom. The zero-order chi connectivity index (χ0) is 20.6. The lowest BCUT2D eigenvalue weighted by molar-refractivity contribution is -0.133. The molecular weight excluding hydrogens is 370 g/mol. The van der Waals surface area contributed by atoms with Gasteiger partial charge in [-0.3, -0.25) is 9.59 Å². The Balaban J connectivity index is 1.63. The van der Waals surface area contributed by atoms with Gasteiger partial charge >= 0.3 is 0 Å². The van der Waals surface area contributed by atoms with E-state index in [0.29, 0.717) is 23.7 Å². The first-order valence-corrected chi connectivity index (χ1v) is 10.5. The lowest BCUT2D eigenvalue weighted by Crippen LogP contribution is -2.50. The number of nitrogens with zero attached hydrogens (tertiary/aromatic N) is 4. The summed E-state index contributed by atoms with van der Waals surface area (Å²) in [6.07, 6.45) is 7.54. The van der Waals surface area contributed by atoms with Crippen molar-refractivity contribution in [2.45, 2.75) is 58.0 Å². The number of hydrogen-bond acceptors (Lipinski definition) is 5. The molecule has 156 valence electrons. The van der Waals surface area contributed by atoms with Gasteiger partial charge in [-0.2, -0.15) is 5.10 Å². The molecule has 0 aromatic carbocycles. The molecule has 0 radical (unpaired) electrons. The van der Waals surface area contributed by atoms with Crippen LogP contribution in [0.3, 0.4) is 0 Å². The van der Waals surface area contributed by atoms with E-state index < -0.39 is 5.41 Å². The molecule has 0 aliphatic carbocycles. The van der Waals surface area contributed by atoms with E-state index in [-0.39, 0.29) is 37.0 Å². The fourth-order valence-corrected chi connectivity index (χ4v) is 5.07. The van der Waals surface area contributed by atoms with Crippen molar-refractivity contribution < 1.29 is 14.7 Å². The molecule has 2 aliphatic heterocycles. The minimum atomic E-state index is -0.588. The second-order valence-electron chi connectivity index (χ2n) is 8.68. The maximum Gasteiger partial charge on any atom is 0.274 e. The van der Waals surface area contributed by atoms with Crippen LogP contribution in [0.1, 0.15) is 56.4 Å². The van der Waals surface area contributed by atoms with Gasteiger partial charge in [-0.15, -0.1) is 0 Å². The first-order valence-electron chi connectivity index (χ1n) is 10.5. The summed E-state index contributed by atoms with van der Waals surface area (Å²) in [4.78, 5) is 32.7. The maximum atomic E-state index is 13.4. The van der Waals surface area contributed by atoms with Gasteiger partial charge in [0.2, 0.25) is 5.91 Å². The third-order valence-corrected chi connectivity index (χ3v) is 6.45. The molecule has 0 unspecified atom stereocenters. The number of rotatable bonds is 7. The molecule has 4 heterocycles. The normalized spacial score (nSPS) is 25.9. The average molecular weight is 399 g/mol. The third-order valence-electron chi connectivity index (χ3n) is 6.45. The summed E-state index contributed by atoms with van der Waals surface area (Å²) < 4.78 is 1.60. The van der Waals surface area contributed by atoms with E-state index in [0.717, 1.165) is 25.7 Å². The Kier molecular flexibility index (Phi) is 5.29. The second-order valence-corrected chi connectivity index (χ2v) is 8.68. The molecule has 2 bridgehead atoms. The van der Waals surface area contributed by atoms with Crippen LogP contribution in [0.15, 0.2) is 24.5 Å². The largest absolute Gasteiger partial charge is 0.395 e. The summed E-state index contributed by atoms with van der Waals surface area (Å²) in [7, 11) is 0. The van der Waals surface area contributed by atoms with E-state index in [1.807, 2.05) is 4.90 Å². The van der Waals surface area contributed by atoms with Crippen molar-refractivity contribution in [1.29, 1.82) is 0 Å². The van der Waals surface area contributed by atoms with Crippen LogP contribution in [0.2, 0.25) is 0 Å². The third kappa shape index (κ3) is 3.39. The van der Waals surface area contributed by atoms with Crippen LogP contribution in [0, 0.1) is 11.3 Å².